The molecule has 6 heteroatoms. The van der Waals surface area contributed by atoms with Gasteiger partial charge >= 0.3 is 0 Å². The third kappa shape index (κ3) is 3.69. The molecule has 5 nitrogen and oxygen atoms in total. The van der Waals surface area contributed by atoms with Crippen LogP contribution in [-0.4, -0.2) is 54.2 Å². The van der Waals surface area contributed by atoms with Gasteiger partial charge < -0.3 is 9.64 Å². The highest BCUT2D eigenvalue weighted by molar-refractivity contribution is 7.99. The van der Waals surface area contributed by atoms with Gasteiger partial charge in [0.15, 0.2) is 0 Å². The van der Waals surface area contributed by atoms with E-state index in [1.165, 1.54) is 5.75 Å². The molecule has 1 aliphatic rings. The number of nitrogens with one attached hydrogen (secondary N) is 1. The summed E-state index contributed by atoms with van der Waals surface area (Å²) in [6.45, 7) is 5.20. The molecule has 21 heavy (non-hydrogen) atoms. The molecule has 0 aromatic carbocycles. The van der Waals surface area contributed by atoms with Gasteiger partial charge in [0.1, 0.15) is 5.75 Å². The number of nitrogens with two attached hydrogens (primary N) is 1. The molecule has 2 atom stereocenters. The molecule has 118 valence electrons. The van der Waals surface area contributed by atoms with E-state index in [9.17, 15) is 0 Å². The van der Waals surface area contributed by atoms with E-state index in [0.29, 0.717) is 6.04 Å². The average molecular weight is 310 g/mol. The molecule has 2 rings (SSSR count). The van der Waals surface area contributed by atoms with Crippen molar-refractivity contribution in [1.29, 1.82) is 0 Å². The summed E-state index contributed by atoms with van der Waals surface area (Å²) in [6.07, 6.45) is 2.70. The molecule has 1 aromatic heterocycles. The molecule has 0 spiro atoms. The van der Waals surface area contributed by atoms with Crippen molar-refractivity contribution in [2.24, 2.45) is 5.84 Å². The minimum atomic E-state index is 0.196. The number of rotatable bonds is 5. The molecule has 0 aliphatic carbocycles. The van der Waals surface area contributed by atoms with Crippen LogP contribution in [0.3, 0.4) is 0 Å². The topological polar surface area (TPSA) is 63.4 Å². The summed E-state index contributed by atoms with van der Waals surface area (Å²) in [7, 11) is 3.88. The lowest BCUT2D eigenvalue weighted by molar-refractivity contribution is 0.213. The first kappa shape index (κ1) is 16.5. The number of aryl methyl sites for hydroxylation is 1. The minimum absolute atomic E-state index is 0.196. The average Bonchev–Trinajstić information content (AvgIpc) is 2.48. The Hall–Kier alpha value is -0.820. The summed E-state index contributed by atoms with van der Waals surface area (Å²) in [5.41, 5.74) is 6.24. The van der Waals surface area contributed by atoms with E-state index in [1.807, 2.05) is 24.9 Å². The molecule has 2 unspecified atom stereocenters. The summed E-state index contributed by atoms with van der Waals surface area (Å²) in [5, 5.41) is 0. The molecular weight excluding hydrogens is 284 g/mol. The Bertz CT molecular complexity index is 483. The van der Waals surface area contributed by atoms with Crippen LogP contribution in [0, 0.1) is 13.8 Å². The molecule has 0 saturated carbocycles. The van der Waals surface area contributed by atoms with Gasteiger partial charge in [-0.2, -0.15) is 11.8 Å². The molecule has 0 bridgehead atoms. The van der Waals surface area contributed by atoms with Gasteiger partial charge in [0.05, 0.1) is 7.11 Å². The summed E-state index contributed by atoms with van der Waals surface area (Å²) in [4.78, 5) is 6.98. The van der Waals surface area contributed by atoms with Gasteiger partial charge in [-0.05, 0) is 20.9 Å². The lowest BCUT2D eigenvalue weighted by atomic mass is 9.99. The van der Waals surface area contributed by atoms with Crippen molar-refractivity contribution in [2.45, 2.75) is 32.4 Å². The third-order valence-electron chi connectivity index (χ3n) is 4.28. The molecule has 2 heterocycles. The highest BCUT2D eigenvalue weighted by atomic mass is 32.2. The zero-order valence-electron chi connectivity index (χ0n) is 13.3. The summed E-state index contributed by atoms with van der Waals surface area (Å²) in [5.74, 6) is 9.05. The number of ether oxygens (including phenoxy) is 1. The fraction of sp³-hybridized carbons (Fsp3) is 0.667. The fourth-order valence-electron chi connectivity index (χ4n) is 2.92. The van der Waals surface area contributed by atoms with Gasteiger partial charge in [0, 0.05) is 59.6 Å². The first-order valence-electron chi connectivity index (χ1n) is 7.31. The smallest absolute Gasteiger partial charge is 0.128 e. The van der Waals surface area contributed by atoms with Crippen molar-refractivity contribution < 1.29 is 4.74 Å². The van der Waals surface area contributed by atoms with Crippen LogP contribution in [0.15, 0.2) is 6.20 Å². The molecule has 1 fully saturated rings. The number of thioether (sulfide) groups is 1. The second kappa shape index (κ2) is 7.45. The van der Waals surface area contributed by atoms with Gasteiger partial charge in [-0.1, -0.05) is 0 Å². The highest BCUT2D eigenvalue weighted by Gasteiger charge is 2.28. The van der Waals surface area contributed by atoms with E-state index in [4.69, 9.17) is 10.6 Å². The zero-order chi connectivity index (χ0) is 15.4. The number of aromatic nitrogens is 1. The number of hydrogen-bond acceptors (Lipinski definition) is 6. The van der Waals surface area contributed by atoms with Crippen LogP contribution < -0.4 is 16.0 Å². The van der Waals surface area contributed by atoms with Crippen LogP contribution in [0.5, 0.6) is 5.75 Å². The van der Waals surface area contributed by atoms with Crippen molar-refractivity contribution in [1.82, 2.24) is 15.3 Å². The molecular formula is C15H26N4OS. The summed E-state index contributed by atoms with van der Waals surface area (Å²) < 4.78 is 5.49. The standard InChI is InChI=1S/C15H26N4OS/c1-10-8-17-12(11(2)15(10)20-4)7-13(18-16)14-9-21-6-5-19(14)3/h8,13-14,18H,5-7,9,16H2,1-4H3. The fourth-order valence-corrected chi connectivity index (χ4v) is 4.23. The van der Waals surface area contributed by atoms with Crippen molar-refractivity contribution in [3.05, 3.63) is 23.0 Å². The Labute approximate surface area is 131 Å². The Balaban J connectivity index is 2.18. The second-order valence-corrected chi connectivity index (χ2v) is 6.80. The Kier molecular flexibility index (Phi) is 5.87. The van der Waals surface area contributed by atoms with E-state index < -0.39 is 0 Å². The SMILES string of the molecule is COc1c(C)cnc(CC(NN)C2CSCCN2C)c1C. The summed E-state index contributed by atoms with van der Waals surface area (Å²) in [6, 6.07) is 0.628. The molecule has 3 N–H and O–H groups in total. The second-order valence-electron chi connectivity index (χ2n) is 5.65. The number of likely N-dealkylation sites (N-methyl/N-ethyl adjacent to an activating group) is 1. The van der Waals surface area contributed by atoms with Gasteiger partial charge in [-0.3, -0.25) is 16.3 Å². The van der Waals surface area contributed by atoms with Crippen molar-refractivity contribution in [3.63, 3.8) is 0 Å². The molecule has 1 aliphatic heterocycles. The van der Waals surface area contributed by atoms with E-state index in [-0.39, 0.29) is 6.04 Å². The molecule has 0 radical (unpaired) electrons. The minimum Gasteiger partial charge on any atom is -0.496 e. The zero-order valence-corrected chi connectivity index (χ0v) is 14.2. The molecule has 1 aromatic rings. The largest absolute Gasteiger partial charge is 0.496 e. The van der Waals surface area contributed by atoms with Crippen molar-refractivity contribution in [2.75, 3.05) is 32.2 Å². The Morgan fingerprint density at radius 2 is 2.33 bits per heavy atom. The lowest BCUT2D eigenvalue weighted by Crippen LogP contribution is -2.55. The van der Waals surface area contributed by atoms with E-state index in [0.717, 1.165) is 41.3 Å². The van der Waals surface area contributed by atoms with E-state index in [1.54, 1.807) is 7.11 Å². The monoisotopic (exact) mass is 310 g/mol. The van der Waals surface area contributed by atoms with Crippen LogP contribution in [0.25, 0.3) is 0 Å². The Morgan fingerprint density at radius 1 is 1.57 bits per heavy atom. The highest BCUT2D eigenvalue weighted by Crippen LogP contribution is 2.26. The number of hydrazine groups is 1. The number of hydrogen-bond donors (Lipinski definition) is 2. The first-order valence-corrected chi connectivity index (χ1v) is 8.47. The lowest BCUT2D eigenvalue weighted by Gasteiger charge is -2.37. The maximum atomic E-state index is 5.82. The summed E-state index contributed by atoms with van der Waals surface area (Å²) >= 11 is 1.99. The van der Waals surface area contributed by atoms with Crippen LogP contribution in [-0.2, 0) is 6.42 Å². The maximum Gasteiger partial charge on any atom is 0.128 e. The maximum absolute atomic E-state index is 5.82. The van der Waals surface area contributed by atoms with E-state index >= 15 is 0 Å². The normalized spacial score (nSPS) is 21.3. The van der Waals surface area contributed by atoms with Crippen LogP contribution in [0.1, 0.15) is 16.8 Å². The van der Waals surface area contributed by atoms with Gasteiger partial charge in [-0.25, -0.2) is 0 Å². The van der Waals surface area contributed by atoms with Crippen LogP contribution >= 0.6 is 11.8 Å². The number of methoxy groups -OCH3 is 1. The van der Waals surface area contributed by atoms with Crippen molar-refractivity contribution in [3.8, 4) is 5.75 Å². The first-order chi connectivity index (χ1) is 10.1. The van der Waals surface area contributed by atoms with Gasteiger partial charge in [-0.15, -0.1) is 0 Å². The van der Waals surface area contributed by atoms with Gasteiger partial charge in [0.2, 0.25) is 0 Å². The third-order valence-corrected chi connectivity index (χ3v) is 5.33. The van der Waals surface area contributed by atoms with Crippen molar-refractivity contribution >= 4 is 11.8 Å². The predicted molar refractivity (Wildman–Crippen MR) is 88.8 cm³/mol. The predicted octanol–water partition coefficient (Wildman–Crippen LogP) is 1.13. The quantitative estimate of drug-likeness (QED) is 0.628. The molecule has 1 saturated heterocycles. The molecule has 0 amide bonds. The number of pyridine rings is 1. The van der Waals surface area contributed by atoms with Gasteiger partial charge in [0.25, 0.3) is 0 Å². The van der Waals surface area contributed by atoms with Crippen LogP contribution in [0.4, 0.5) is 0 Å². The number of nitrogens with zero attached hydrogens (tertiary/aromatic N) is 2. The van der Waals surface area contributed by atoms with Crippen LogP contribution in [0.2, 0.25) is 0 Å². The Morgan fingerprint density at radius 3 is 2.95 bits per heavy atom. The van der Waals surface area contributed by atoms with E-state index in [2.05, 4.69) is 29.3 Å².